The van der Waals surface area contributed by atoms with Crippen LogP contribution in [0.1, 0.15) is 21.7 Å². The molecule has 0 atom stereocenters. The maximum absolute atomic E-state index is 12.1. The molecule has 0 saturated carbocycles. The summed E-state index contributed by atoms with van der Waals surface area (Å²) in [4.78, 5) is 16.3. The Morgan fingerprint density at radius 3 is 2.79 bits per heavy atom. The Bertz CT molecular complexity index is 815. The first-order valence-corrected chi connectivity index (χ1v) is 7.62. The molecule has 122 valence electrons. The Morgan fingerprint density at radius 2 is 2.00 bits per heavy atom. The highest BCUT2D eigenvalue weighted by molar-refractivity contribution is 5.92. The van der Waals surface area contributed by atoms with Crippen molar-refractivity contribution in [2.75, 3.05) is 0 Å². The third-order valence-electron chi connectivity index (χ3n) is 3.48. The molecule has 2 aromatic heterocycles. The highest BCUT2D eigenvalue weighted by Gasteiger charge is 2.09. The topological polar surface area (TPSA) is 69.0 Å². The summed E-state index contributed by atoms with van der Waals surface area (Å²) < 4.78 is 7.29. The van der Waals surface area contributed by atoms with E-state index < -0.39 is 0 Å². The van der Waals surface area contributed by atoms with E-state index in [0.717, 1.165) is 17.0 Å². The molecule has 1 aromatic carbocycles. The molecule has 0 fully saturated rings. The van der Waals surface area contributed by atoms with E-state index in [-0.39, 0.29) is 12.6 Å². The molecule has 24 heavy (non-hydrogen) atoms. The van der Waals surface area contributed by atoms with Gasteiger partial charge in [-0.15, -0.1) is 0 Å². The first kappa shape index (κ1) is 15.7. The van der Waals surface area contributed by atoms with Gasteiger partial charge in [0.25, 0.3) is 5.91 Å². The summed E-state index contributed by atoms with van der Waals surface area (Å²) in [6, 6.07) is 15.0. The van der Waals surface area contributed by atoms with Crippen LogP contribution in [0.5, 0.6) is 5.75 Å². The number of benzene rings is 1. The smallest absolute Gasteiger partial charge is 0.272 e. The number of nitrogens with one attached hydrogen (secondary N) is 1. The lowest BCUT2D eigenvalue weighted by atomic mass is 10.2. The lowest BCUT2D eigenvalue weighted by Gasteiger charge is -2.08. The van der Waals surface area contributed by atoms with Crippen LogP contribution in [-0.2, 0) is 13.3 Å². The number of hydrogen-bond donors (Lipinski definition) is 1. The van der Waals surface area contributed by atoms with E-state index >= 15 is 0 Å². The summed E-state index contributed by atoms with van der Waals surface area (Å²) in [5.74, 6) is 0.560. The van der Waals surface area contributed by atoms with Crippen molar-refractivity contribution in [1.29, 1.82) is 0 Å². The van der Waals surface area contributed by atoms with Crippen LogP contribution in [0.3, 0.4) is 0 Å². The number of para-hydroxylation sites is 1. The van der Waals surface area contributed by atoms with Crippen molar-refractivity contribution in [2.45, 2.75) is 20.2 Å². The minimum Gasteiger partial charge on any atom is -0.471 e. The van der Waals surface area contributed by atoms with E-state index in [1.165, 1.54) is 0 Å². The van der Waals surface area contributed by atoms with Crippen LogP contribution in [0.4, 0.5) is 0 Å². The Balaban J connectivity index is 1.55. The number of pyridine rings is 1. The molecule has 0 unspecified atom stereocenters. The molecule has 2 heterocycles. The second-order valence-corrected chi connectivity index (χ2v) is 5.28. The standard InChI is InChI=1S/C18H18N4O2/c1-14-6-2-3-8-17(14)24-13-22-11-9-16(21-22)18(23)20-12-15-7-4-5-10-19-15/h2-11H,12-13H2,1H3,(H,20,23). The van der Waals surface area contributed by atoms with E-state index in [0.29, 0.717) is 12.2 Å². The second-order valence-electron chi connectivity index (χ2n) is 5.28. The van der Waals surface area contributed by atoms with Gasteiger partial charge in [-0.25, -0.2) is 4.68 Å². The number of amides is 1. The zero-order valence-electron chi connectivity index (χ0n) is 13.3. The fourth-order valence-corrected chi connectivity index (χ4v) is 2.17. The van der Waals surface area contributed by atoms with Gasteiger partial charge in [-0.2, -0.15) is 5.10 Å². The SMILES string of the molecule is Cc1ccccc1OCn1ccc(C(=O)NCc2ccccn2)n1. The number of carbonyl (C=O) groups is 1. The van der Waals surface area contributed by atoms with E-state index in [1.807, 2.05) is 49.4 Å². The molecule has 1 amide bonds. The Morgan fingerprint density at radius 1 is 1.17 bits per heavy atom. The predicted molar refractivity (Wildman–Crippen MR) is 89.4 cm³/mol. The first-order chi connectivity index (χ1) is 11.7. The molecule has 1 N–H and O–H groups in total. The monoisotopic (exact) mass is 322 g/mol. The molecule has 3 rings (SSSR count). The van der Waals surface area contributed by atoms with Crippen molar-refractivity contribution in [3.05, 3.63) is 77.9 Å². The molecular formula is C18H18N4O2. The van der Waals surface area contributed by atoms with Gasteiger partial charge in [0.1, 0.15) is 11.4 Å². The van der Waals surface area contributed by atoms with Gasteiger partial charge in [0.05, 0.1) is 12.2 Å². The van der Waals surface area contributed by atoms with Crippen LogP contribution in [0.15, 0.2) is 60.9 Å². The minimum atomic E-state index is -0.240. The van der Waals surface area contributed by atoms with Gasteiger partial charge in [-0.3, -0.25) is 9.78 Å². The number of aromatic nitrogens is 3. The molecule has 3 aromatic rings. The molecule has 0 bridgehead atoms. The van der Waals surface area contributed by atoms with Crippen molar-refractivity contribution < 1.29 is 9.53 Å². The summed E-state index contributed by atoms with van der Waals surface area (Å²) in [6.45, 7) is 2.60. The molecule has 0 radical (unpaired) electrons. The quantitative estimate of drug-likeness (QED) is 0.757. The minimum absolute atomic E-state index is 0.240. The van der Waals surface area contributed by atoms with Gasteiger partial charge < -0.3 is 10.1 Å². The molecule has 0 aliphatic carbocycles. The fourth-order valence-electron chi connectivity index (χ4n) is 2.17. The number of aryl methyl sites for hydroxylation is 1. The highest BCUT2D eigenvalue weighted by atomic mass is 16.5. The molecular weight excluding hydrogens is 304 g/mol. The van der Waals surface area contributed by atoms with Crippen LogP contribution >= 0.6 is 0 Å². The fraction of sp³-hybridized carbons (Fsp3) is 0.167. The van der Waals surface area contributed by atoms with Gasteiger partial charge in [0.2, 0.25) is 0 Å². The average molecular weight is 322 g/mol. The number of nitrogens with zero attached hydrogens (tertiary/aromatic N) is 3. The number of hydrogen-bond acceptors (Lipinski definition) is 4. The average Bonchev–Trinajstić information content (AvgIpc) is 3.09. The Labute approximate surface area is 140 Å². The first-order valence-electron chi connectivity index (χ1n) is 7.62. The summed E-state index contributed by atoms with van der Waals surface area (Å²) in [7, 11) is 0. The van der Waals surface area contributed by atoms with Crippen LogP contribution in [0.25, 0.3) is 0 Å². The zero-order chi connectivity index (χ0) is 16.8. The van der Waals surface area contributed by atoms with Crippen molar-refractivity contribution in [3.8, 4) is 5.75 Å². The van der Waals surface area contributed by atoms with Crippen molar-refractivity contribution in [1.82, 2.24) is 20.1 Å². The molecule has 0 aliphatic rings. The van der Waals surface area contributed by atoms with Crippen molar-refractivity contribution in [2.24, 2.45) is 0 Å². The van der Waals surface area contributed by atoms with Crippen molar-refractivity contribution >= 4 is 5.91 Å². The number of ether oxygens (including phenoxy) is 1. The van der Waals surface area contributed by atoms with Crippen LogP contribution in [0, 0.1) is 6.92 Å². The molecule has 6 nitrogen and oxygen atoms in total. The molecule has 0 spiro atoms. The van der Waals surface area contributed by atoms with E-state index in [9.17, 15) is 4.79 Å². The lowest BCUT2D eigenvalue weighted by Crippen LogP contribution is -2.24. The third kappa shape index (κ3) is 3.98. The van der Waals surface area contributed by atoms with Gasteiger partial charge in [-0.05, 0) is 36.8 Å². The second kappa shape index (κ2) is 7.41. The normalized spacial score (nSPS) is 10.4. The van der Waals surface area contributed by atoms with Crippen molar-refractivity contribution in [3.63, 3.8) is 0 Å². The zero-order valence-corrected chi connectivity index (χ0v) is 13.3. The van der Waals surface area contributed by atoms with Crippen LogP contribution in [-0.4, -0.2) is 20.7 Å². The predicted octanol–water partition coefficient (Wildman–Crippen LogP) is 2.55. The summed E-state index contributed by atoms with van der Waals surface area (Å²) in [6.07, 6.45) is 3.41. The summed E-state index contributed by atoms with van der Waals surface area (Å²) >= 11 is 0. The number of rotatable bonds is 6. The van der Waals surface area contributed by atoms with E-state index in [4.69, 9.17) is 4.74 Å². The third-order valence-corrected chi connectivity index (χ3v) is 3.48. The van der Waals surface area contributed by atoms with E-state index in [2.05, 4.69) is 15.4 Å². The summed E-state index contributed by atoms with van der Waals surface area (Å²) in [5, 5.41) is 7.02. The summed E-state index contributed by atoms with van der Waals surface area (Å²) in [5.41, 5.74) is 2.20. The number of carbonyl (C=O) groups excluding carboxylic acids is 1. The Kier molecular flexibility index (Phi) is 4.86. The molecule has 6 heteroatoms. The highest BCUT2D eigenvalue weighted by Crippen LogP contribution is 2.16. The van der Waals surface area contributed by atoms with Gasteiger partial charge in [-0.1, -0.05) is 24.3 Å². The van der Waals surface area contributed by atoms with Gasteiger partial charge in [0, 0.05) is 12.4 Å². The molecule has 0 saturated heterocycles. The van der Waals surface area contributed by atoms with E-state index in [1.54, 1.807) is 23.1 Å². The van der Waals surface area contributed by atoms with Gasteiger partial charge >= 0.3 is 0 Å². The Hall–Kier alpha value is -3.15. The van der Waals surface area contributed by atoms with Crippen LogP contribution in [0.2, 0.25) is 0 Å². The largest absolute Gasteiger partial charge is 0.471 e. The maximum Gasteiger partial charge on any atom is 0.272 e. The molecule has 0 aliphatic heterocycles. The van der Waals surface area contributed by atoms with Crippen LogP contribution < -0.4 is 10.1 Å². The van der Waals surface area contributed by atoms with Gasteiger partial charge in [0.15, 0.2) is 6.73 Å². The lowest BCUT2D eigenvalue weighted by molar-refractivity contribution is 0.0943. The maximum atomic E-state index is 12.1.